The molecule has 1 aromatic carbocycles. The van der Waals surface area contributed by atoms with E-state index < -0.39 is 5.97 Å². The number of aryl methyl sites for hydroxylation is 1. The fourth-order valence-electron chi connectivity index (χ4n) is 2.03. The second-order valence-corrected chi connectivity index (χ2v) is 4.87. The van der Waals surface area contributed by atoms with Crippen LogP contribution in [0, 0.1) is 12.8 Å². The largest absolute Gasteiger partial charge is 0.481 e. The van der Waals surface area contributed by atoms with E-state index in [1.807, 2.05) is 32.0 Å². The second kappa shape index (κ2) is 5.84. The molecule has 5 heteroatoms. The van der Waals surface area contributed by atoms with Gasteiger partial charge in [-0.3, -0.25) is 4.79 Å². The first-order valence-electron chi connectivity index (χ1n) is 6.33. The Morgan fingerprint density at radius 1 is 1.53 bits per heavy atom. The highest BCUT2D eigenvalue weighted by Gasteiger charge is 2.07. The highest BCUT2D eigenvalue weighted by atomic mass is 16.4. The first kappa shape index (κ1) is 13.5. The van der Waals surface area contributed by atoms with Gasteiger partial charge < -0.3 is 14.8 Å². The molecule has 0 radical (unpaired) electrons. The van der Waals surface area contributed by atoms with Crippen molar-refractivity contribution in [2.45, 2.75) is 26.8 Å². The average Bonchev–Trinajstić information content (AvgIpc) is 2.67. The second-order valence-electron chi connectivity index (χ2n) is 4.87. The van der Waals surface area contributed by atoms with E-state index in [2.05, 4.69) is 10.3 Å². The maximum atomic E-state index is 10.5. The van der Waals surface area contributed by atoms with Gasteiger partial charge in [-0.2, -0.15) is 0 Å². The van der Waals surface area contributed by atoms with Gasteiger partial charge in [0.05, 0.1) is 0 Å². The molecule has 19 heavy (non-hydrogen) atoms. The van der Waals surface area contributed by atoms with Crippen LogP contribution < -0.4 is 5.32 Å². The molecule has 0 aliphatic heterocycles. The zero-order valence-electron chi connectivity index (χ0n) is 11.1. The monoisotopic (exact) mass is 262 g/mol. The van der Waals surface area contributed by atoms with E-state index in [4.69, 9.17) is 9.52 Å². The lowest BCUT2D eigenvalue weighted by molar-refractivity contribution is -0.137. The normalized spacial score (nSPS) is 12.7. The van der Waals surface area contributed by atoms with Crippen molar-refractivity contribution in [2.75, 3.05) is 6.54 Å². The number of rotatable bonds is 6. The molecule has 1 atom stereocenters. The standard InChI is InChI=1S/C14H18N2O3/c1-9(5-14(17)18)7-15-8-11-3-4-13-12(6-11)16-10(2)19-13/h3-4,6,9,15H,5,7-8H2,1-2H3,(H,17,18). The van der Waals surface area contributed by atoms with Gasteiger partial charge in [0.15, 0.2) is 11.5 Å². The van der Waals surface area contributed by atoms with Crippen LogP contribution in [-0.4, -0.2) is 22.6 Å². The average molecular weight is 262 g/mol. The fourth-order valence-corrected chi connectivity index (χ4v) is 2.03. The smallest absolute Gasteiger partial charge is 0.303 e. The Balaban J connectivity index is 1.89. The van der Waals surface area contributed by atoms with Crippen molar-refractivity contribution in [3.05, 3.63) is 29.7 Å². The number of hydrogen-bond donors (Lipinski definition) is 2. The zero-order valence-corrected chi connectivity index (χ0v) is 11.1. The maximum Gasteiger partial charge on any atom is 0.303 e. The van der Waals surface area contributed by atoms with E-state index >= 15 is 0 Å². The van der Waals surface area contributed by atoms with Gasteiger partial charge >= 0.3 is 5.97 Å². The van der Waals surface area contributed by atoms with Crippen LogP contribution in [0.1, 0.15) is 24.8 Å². The number of aliphatic carboxylic acids is 1. The van der Waals surface area contributed by atoms with E-state index in [-0.39, 0.29) is 12.3 Å². The number of benzene rings is 1. The Kier molecular flexibility index (Phi) is 4.16. The Hall–Kier alpha value is -1.88. The van der Waals surface area contributed by atoms with Crippen LogP contribution in [0.2, 0.25) is 0 Å². The molecule has 2 rings (SSSR count). The number of carboxylic acids is 1. The van der Waals surface area contributed by atoms with Crippen LogP contribution >= 0.6 is 0 Å². The molecule has 2 aromatic rings. The van der Waals surface area contributed by atoms with E-state index in [0.717, 1.165) is 16.7 Å². The zero-order chi connectivity index (χ0) is 13.8. The van der Waals surface area contributed by atoms with Crippen LogP contribution in [0.15, 0.2) is 22.6 Å². The van der Waals surface area contributed by atoms with Gasteiger partial charge in [-0.05, 0) is 30.2 Å². The summed E-state index contributed by atoms with van der Waals surface area (Å²) in [5.41, 5.74) is 2.76. The number of fused-ring (bicyclic) bond motifs is 1. The molecule has 0 aliphatic rings. The van der Waals surface area contributed by atoms with Crippen LogP contribution in [0.3, 0.4) is 0 Å². The summed E-state index contributed by atoms with van der Waals surface area (Å²) in [7, 11) is 0. The number of nitrogens with one attached hydrogen (secondary N) is 1. The third kappa shape index (κ3) is 3.79. The molecule has 0 fully saturated rings. The van der Waals surface area contributed by atoms with E-state index in [1.165, 1.54) is 0 Å². The SMILES string of the molecule is Cc1nc2cc(CNCC(C)CC(=O)O)ccc2o1. The number of aromatic nitrogens is 1. The maximum absolute atomic E-state index is 10.5. The molecular weight excluding hydrogens is 244 g/mol. The Bertz CT molecular complexity index is 577. The van der Waals surface area contributed by atoms with E-state index in [9.17, 15) is 4.79 Å². The summed E-state index contributed by atoms with van der Waals surface area (Å²) < 4.78 is 5.41. The predicted octanol–water partition coefficient (Wildman–Crippen LogP) is 2.34. The molecule has 0 bridgehead atoms. The molecule has 2 N–H and O–H groups in total. The lowest BCUT2D eigenvalue weighted by Crippen LogP contribution is -2.22. The third-order valence-electron chi connectivity index (χ3n) is 2.90. The van der Waals surface area contributed by atoms with Crippen molar-refractivity contribution in [1.82, 2.24) is 10.3 Å². The van der Waals surface area contributed by atoms with Crippen molar-refractivity contribution in [2.24, 2.45) is 5.92 Å². The number of carboxylic acid groups (broad SMARTS) is 1. The van der Waals surface area contributed by atoms with Gasteiger partial charge in [-0.15, -0.1) is 0 Å². The summed E-state index contributed by atoms with van der Waals surface area (Å²) in [4.78, 5) is 14.8. The molecule has 1 heterocycles. The summed E-state index contributed by atoms with van der Waals surface area (Å²) in [5, 5.41) is 11.9. The van der Waals surface area contributed by atoms with Gasteiger partial charge in [0.25, 0.3) is 0 Å². The third-order valence-corrected chi connectivity index (χ3v) is 2.90. The summed E-state index contributed by atoms with van der Waals surface area (Å²) in [6, 6.07) is 5.88. The van der Waals surface area contributed by atoms with Crippen molar-refractivity contribution in [1.29, 1.82) is 0 Å². The van der Waals surface area contributed by atoms with E-state index in [1.54, 1.807) is 0 Å². The minimum Gasteiger partial charge on any atom is -0.481 e. The minimum absolute atomic E-state index is 0.121. The number of hydrogen-bond acceptors (Lipinski definition) is 4. The highest BCUT2D eigenvalue weighted by Crippen LogP contribution is 2.16. The molecular formula is C14H18N2O3. The number of nitrogens with zero attached hydrogens (tertiary/aromatic N) is 1. The van der Waals surface area contributed by atoms with Crippen LogP contribution in [-0.2, 0) is 11.3 Å². The molecule has 0 aliphatic carbocycles. The molecule has 0 saturated heterocycles. The molecule has 0 spiro atoms. The van der Waals surface area contributed by atoms with Gasteiger partial charge in [0.2, 0.25) is 0 Å². The molecule has 0 amide bonds. The fraction of sp³-hybridized carbons (Fsp3) is 0.429. The summed E-state index contributed by atoms with van der Waals surface area (Å²) in [5.74, 6) is 0.0273. The Labute approximate surface area is 111 Å². The molecule has 102 valence electrons. The van der Waals surface area contributed by atoms with Gasteiger partial charge in [0.1, 0.15) is 5.52 Å². The van der Waals surface area contributed by atoms with E-state index in [0.29, 0.717) is 19.0 Å². The first-order valence-corrected chi connectivity index (χ1v) is 6.33. The summed E-state index contributed by atoms with van der Waals surface area (Å²) in [6.07, 6.45) is 0.189. The first-order chi connectivity index (χ1) is 9.04. The minimum atomic E-state index is -0.756. The Morgan fingerprint density at radius 3 is 3.05 bits per heavy atom. The van der Waals surface area contributed by atoms with Crippen molar-refractivity contribution >= 4 is 17.1 Å². The molecule has 5 nitrogen and oxygen atoms in total. The van der Waals surface area contributed by atoms with Crippen LogP contribution in [0.25, 0.3) is 11.1 Å². The van der Waals surface area contributed by atoms with Crippen molar-refractivity contribution in [3.8, 4) is 0 Å². The lowest BCUT2D eigenvalue weighted by atomic mass is 10.1. The summed E-state index contributed by atoms with van der Waals surface area (Å²) in [6.45, 7) is 5.13. The quantitative estimate of drug-likeness (QED) is 0.835. The van der Waals surface area contributed by atoms with Gasteiger partial charge in [0, 0.05) is 19.9 Å². The number of oxazole rings is 1. The molecule has 1 aromatic heterocycles. The lowest BCUT2D eigenvalue weighted by Gasteiger charge is -2.10. The molecule has 0 saturated carbocycles. The van der Waals surface area contributed by atoms with Crippen molar-refractivity contribution in [3.63, 3.8) is 0 Å². The van der Waals surface area contributed by atoms with Crippen LogP contribution in [0.5, 0.6) is 0 Å². The van der Waals surface area contributed by atoms with Crippen LogP contribution in [0.4, 0.5) is 0 Å². The number of carbonyl (C=O) groups is 1. The van der Waals surface area contributed by atoms with Gasteiger partial charge in [-0.1, -0.05) is 13.0 Å². The summed E-state index contributed by atoms with van der Waals surface area (Å²) >= 11 is 0. The molecule has 1 unspecified atom stereocenters. The predicted molar refractivity (Wildman–Crippen MR) is 71.9 cm³/mol. The highest BCUT2D eigenvalue weighted by molar-refractivity contribution is 5.73. The Morgan fingerprint density at radius 2 is 2.32 bits per heavy atom. The van der Waals surface area contributed by atoms with Crippen molar-refractivity contribution < 1.29 is 14.3 Å². The topological polar surface area (TPSA) is 75.4 Å². The van der Waals surface area contributed by atoms with Gasteiger partial charge in [-0.25, -0.2) is 4.98 Å².